The van der Waals surface area contributed by atoms with Gasteiger partial charge in [0.05, 0.1) is 19.3 Å². The molecule has 7 nitrogen and oxygen atoms in total. The van der Waals surface area contributed by atoms with E-state index in [4.69, 9.17) is 9.47 Å². The molecule has 1 N–H and O–H groups in total. The number of benzene rings is 1. The van der Waals surface area contributed by atoms with Gasteiger partial charge in [-0.15, -0.1) is 10.2 Å². The molecule has 29 heavy (non-hydrogen) atoms. The lowest BCUT2D eigenvalue weighted by Crippen LogP contribution is -2.26. The predicted octanol–water partition coefficient (Wildman–Crippen LogP) is 3.81. The van der Waals surface area contributed by atoms with E-state index in [-0.39, 0.29) is 11.9 Å². The van der Waals surface area contributed by atoms with Crippen LogP contribution in [-0.4, -0.2) is 33.7 Å². The summed E-state index contributed by atoms with van der Waals surface area (Å²) in [4.78, 5) is 12.4. The van der Waals surface area contributed by atoms with Crippen molar-refractivity contribution in [3.63, 3.8) is 0 Å². The summed E-state index contributed by atoms with van der Waals surface area (Å²) in [6.45, 7) is 7.03. The zero-order valence-electron chi connectivity index (χ0n) is 17.0. The van der Waals surface area contributed by atoms with Crippen LogP contribution in [0, 0.1) is 0 Å². The van der Waals surface area contributed by atoms with Crippen LogP contribution in [0.15, 0.2) is 48.7 Å². The molecule has 2 heterocycles. The number of rotatable bonds is 9. The summed E-state index contributed by atoms with van der Waals surface area (Å²) < 4.78 is 13.2. The minimum absolute atomic E-state index is 0.213. The van der Waals surface area contributed by atoms with Crippen LogP contribution < -0.4 is 14.8 Å². The van der Waals surface area contributed by atoms with Crippen LogP contribution in [0.5, 0.6) is 11.5 Å². The van der Waals surface area contributed by atoms with E-state index in [2.05, 4.69) is 22.4 Å². The second-order valence-electron chi connectivity index (χ2n) is 6.54. The van der Waals surface area contributed by atoms with E-state index in [0.717, 1.165) is 17.6 Å². The number of carbonyl (C=O) groups is 1. The summed E-state index contributed by atoms with van der Waals surface area (Å²) in [7, 11) is 0. The lowest BCUT2D eigenvalue weighted by atomic mass is 10.2. The Morgan fingerprint density at radius 3 is 2.83 bits per heavy atom. The fraction of sp³-hybridized carbons (Fsp3) is 0.318. The molecule has 0 spiro atoms. The molecule has 0 saturated carbocycles. The monoisotopic (exact) mass is 394 g/mol. The van der Waals surface area contributed by atoms with E-state index in [1.165, 1.54) is 6.08 Å². The molecule has 0 radical (unpaired) electrons. The topological polar surface area (TPSA) is 77.8 Å². The Kier molecular flexibility index (Phi) is 6.84. The maximum absolute atomic E-state index is 12.4. The van der Waals surface area contributed by atoms with Crippen molar-refractivity contribution in [3.8, 4) is 11.5 Å². The van der Waals surface area contributed by atoms with E-state index >= 15 is 0 Å². The highest BCUT2D eigenvalue weighted by molar-refractivity contribution is 5.92. The molecule has 0 aliphatic heterocycles. The van der Waals surface area contributed by atoms with Crippen molar-refractivity contribution < 1.29 is 14.3 Å². The van der Waals surface area contributed by atoms with Gasteiger partial charge < -0.3 is 14.8 Å². The highest BCUT2D eigenvalue weighted by Crippen LogP contribution is 2.29. The number of aromatic nitrogens is 3. The van der Waals surface area contributed by atoms with E-state index in [1.54, 1.807) is 6.08 Å². The van der Waals surface area contributed by atoms with Gasteiger partial charge in [0.25, 0.3) is 0 Å². The average molecular weight is 394 g/mol. The Bertz CT molecular complexity index is 997. The number of nitrogens with one attached hydrogen (secondary N) is 1. The highest BCUT2D eigenvalue weighted by atomic mass is 16.5. The summed E-state index contributed by atoms with van der Waals surface area (Å²) in [5.74, 6) is 1.85. The zero-order valence-corrected chi connectivity index (χ0v) is 17.0. The van der Waals surface area contributed by atoms with Crippen LogP contribution in [0.25, 0.3) is 11.7 Å². The van der Waals surface area contributed by atoms with E-state index in [9.17, 15) is 4.79 Å². The third-order valence-corrected chi connectivity index (χ3v) is 4.24. The first kappa shape index (κ1) is 20.4. The lowest BCUT2D eigenvalue weighted by molar-refractivity contribution is -0.117. The maximum Gasteiger partial charge on any atom is 0.244 e. The summed E-state index contributed by atoms with van der Waals surface area (Å²) in [6, 6.07) is 11.0. The maximum atomic E-state index is 12.4. The van der Waals surface area contributed by atoms with Crippen LogP contribution in [0.3, 0.4) is 0 Å². The molecule has 1 amide bonds. The van der Waals surface area contributed by atoms with E-state index in [1.807, 2.05) is 60.8 Å². The predicted molar refractivity (Wildman–Crippen MR) is 112 cm³/mol. The third kappa shape index (κ3) is 5.13. The molecule has 0 bridgehead atoms. The van der Waals surface area contributed by atoms with Gasteiger partial charge in [-0.3, -0.25) is 9.20 Å². The third-order valence-electron chi connectivity index (χ3n) is 4.24. The van der Waals surface area contributed by atoms with E-state index in [0.29, 0.717) is 30.5 Å². The molecule has 0 aliphatic carbocycles. The number of fused-ring (bicyclic) bond motifs is 1. The molecular formula is C22H26N4O3. The van der Waals surface area contributed by atoms with Gasteiger partial charge in [-0.1, -0.05) is 19.1 Å². The molecule has 2 aromatic heterocycles. The second-order valence-corrected chi connectivity index (χ2v) is 6.54. The van der Waals surface area contributed by atoms with Gasteiger partial charge in [-0.25, -0.2) is 0 Å². The molecular weight excluding hydrogens is 368 g/mol. The van der Waals surface area contributed by atoms with Gasteiger partial charge in [-0.2, -0.15) is 0 Å². The van der Waals surface area contributed by atoms with Gasteiger partial charge in [0.15, 0.2) is 23.0 Å². The van der Waals surface area contributed by atoms with E-state index < -0.39 is 0 Å². The molecule has 3 rings (SSSR count). The van der Waals surface area contributed by atoms with Crippen molar-refractivity contribution in [2.45, 2.75) is 33.2 Å². The fourth-order valence-electron chi connectivity index (χ4n) is 2.88. The van der Waals surface area contributed by atoms with Gasteiger partial charge in [0, 0.05) is 12.3 Å². The first-order valence-electron chi connectivity index (χ1n) is 9.80. The van der Waals surface area contributed by atoms with Crippen molar-refractivity contribution in [1.29, 1.82) is 0 Å². The van der Waals surface area contributed by atoms with Crippen LogP contribution in [0.1, 0.15) is 44.6 Å². The Hall–Kier alpha value is -3.35. The van der Waals surface area contributed by atoms with Crippen molar-refractivity contribution in [2.75, 3.05) is 13.2 Å². The minimum Gasteiger partial charge on any atom is -0.490 e. The number of hydrogen-bond donors (Lipinski definition) is 1. The fourth-order valence-corrected chi connectivity index (χ4v) is 2.88. The lowest BCUT2D eigenvalue weighted by Gasteiger charge is -2.12. The average Bonchev–Trinajstić information content (AvgIpc) is 3.16. The van der Waals surface area contributed by atoms with Crippen molar-refractivity contribution in [1.82, 2.24) is 19.9 Å². The number of nitrogens with zero attached hydrogens (tertiary/aromatic N) is 3. The van der Waals surface area contributed by atoms with Crippen molar-refractivity contribution in [2.24, 2.45) is 0 Å². The second kappa shape index (κ2) is 9.73. The Morgan fingerprint density at radius 2 is 2.03 bits per heavy atom. The first-order chi connectivity index (χ1) is 14.1. The number of hydrogen-bond acceptors (Lipinski definition) is 5. The van der Waals surface area contributed by atoms with Crippen molar-refractivity contribution >= 4 is 17.6 Å². The summed E-state index contributed by atoms with van der Waals surface area (Å²) in [5.41, 5.74) is 1.60. The number of ether oxygens (including phenoxy) is 2. The summed E-state index contributed by atoms with van der Waals surface area (Å²) in [6.07, 6.45) is 6.04. The number of pyridine rings is 1. The molecule has 0 aliphatic rings. The Balaban J connectivity index is 1.67. The SMILES string of the molecule is CCCOc1ccc(/C=C/C(=O)NC(C)c2nnc3ccccn23)cc1OCC. The van der Waals surface area contributed by atoms with Gasteiger partial charge in [0.1, 0.15) is 0 Å². The van der Waals surface area contributed by atoms with Crippen molar-refractivity contribution in [3.05, 3.63) is 60.1 Å². The molecule has 1 aromatic carbocycles. The van der Waals surface area contributed by atoms with Crippen LogP contribution >= 0.6 is 0 Å². The first-order valence-corrected chi connectivity index (χ1v) is 9.80. The Labute approximate surface area is 170 Å². The summed E-state index contributed by atoms with van der Waals surface area (Å²) >= 11 is 0. The Morgan fingerprint density at radius 1 is 1.17 bits per heavy atom. The molecule has 1 unspecified atom stereocenters. The highest BCUT2D eigenvalue weighted by Gasteiger charge is 2.14. The molecule has 1 atom stereocenters. The van der Waals surface area contributed by atoms with Crippen LogP contribution in [0.4, 0.5) is 0 Å². The number of amides is 1. The minimum atomic E-state index is -0.284. The van der Waals surface area contributed by atoms with Crippen LogP contribution in [-0.2, 0) is 4.79 Å². The normalized spacial score (nSPS) is 12.2. The smallest absolute Gasteiger partial charge is 0.244 e. The zero-order chi connectivity index (χ0) is 20.6. The standard InChI is InChI=1S/C22H26N4O3/c1-4-14-29-18-11-9-17(15-19(18)28-5-2)10-12-21(27)23-16(3)22-25-24-20-8-6-7-13-26(20)22/h6-13,15-16H,4-5,14H2,1-3H3,(H,23,27)/b12-10+. The molecule has 0 fully saturated rings. The largest absolute Gasteiger partial charge is 0.490 e. The molecule has 7 heteroatoms. The molecule has 152 valence electrons. The van der Waals surface area contributed by atoms with Crippen LogP contribution in [0.2, 0.25) is 0 Å². The summed E-state index contributed by atoms with van der Waals surface area (Å²) in [5, 5.41) is 11.2. The van der Waals surface area contributed by atoms with Gasteiger partial charge in [-0.05, 0) is 56.2 Å². The van der Waals surface area contributed by atoms with Gasteiger partial charge >= 0.3 is 0 Å². The van der Waals surface area contributed by atoms with Gasteiger partial charge in [0.2, 0.25) is 5.91 Å². The number of carbonyl (C=O) groups excluding carboxylic acids is 1. The molecule has 3 aromatic rings. The molecule has 0 saturated heterocycles. The quantitative estimate of drug-likeness (QED) is 0.559.